The Hall–Kier alpha value is -1.46. The van der Waals surface area contributed by atoms with E-state index < -0.39 is 0 Å². The quantitative estimate of drug-likeness (QED) is 0.846. The first-order valence-corrected chi connectivity index (χ1v) is 7.46. The van der Waals surface area contributed by atoms with Gasteiger partial charge in [-0.05, 0) is 36.6 Å². The van der Waals surface area contributed by atoms with Crippen LogP contribution in [0.1, 0.15) is 16.8 Å². The van der Waals surface area contributed by atoms with Crippen molar-refractivity contribution in [1.82, 2.24) is 14.7 Å². The Labute approximate surface area is 126 Å². The van der Waals surface area contributed by atoms with E-state index in [2.05, 4.69) is 44.1 Å². The van der Waals surface area contributed by atoms with Gasteiger partial charge in [-0.2, -0.15) is 5.10 Å². The molecule has 1 aliphatic heterocycles. The van der Waals surface area contributed by atoms with E-state index in [0.717, 1.165) is 25.2 Å². The maximum atomic E-state index is 11.8. The molecule has 4 nitrogen and oxygen atoms in total. The third-order valence-electron chi connectivity index (χ3n) is 3.62. The average molecular weight is 334 g/mol. The number of aryl methyl sites for hydroxylation is 1. The Morgan fingerprint density at radius 2 is 2.15 bits per heavy atom. The van der Waals surface area contributed by atoms with Crippen molar-refractivity contribution in [3.8, 4) is 0 Å². The van der Waals surface area contributed by atoms with Gasteiger partial charge >= 0.3 is 0 Å². The summed E-state index contributed by atoms with van der Waals surface area (Å²) in [4.78, 5) is 14.1. The summed E-state index contributed by atoms with van der Waals surface area (Å²) < 4.78 is 2.72. The van der Waals surface area contributed by atoms with Gasteiger partial charge in [-0.15, -0.1) is 0 Å². The number of halogens is 1. The standard InChI is InChI=1S/C15H16BrN3O/c1-11-5-6-15(20)19(17-11)10-18-8-7-13-12(9-18)3-2-4-14(13)16/h2-6H,7-10H2,1H3. The zero-order valence-electron chi connectivity index (χ0n) is 11.3. The fourth-order valence-corrected chi connectivity index (χ4v) is 3.19. The largest absolute Gasteiger partial charge is 0.280 e. The average Bonchev–Trinajstić information content (AvgIpc) is 2.43. The van der Waals surface area contributed by atoms with Gasteiger partial charge in [0.1, 0.15) is 0 Å². The topological polar surface area (TPSA) is 38.1 Å². The monoisotopic (exact) mass is 333 g/mol. The molecule has 0 saturated heterocycles. The number of hydrogen-bond acceptors (Lipinski definition) is 3. The van der Waals surface area contributed by atoms with Gasteiger partial charge in [0.2, 0.25) is 0 Å². The number of benzene rings is 1. The third-order valence-corrected chi connectivity index (χ3v) is 4.36. The van der Waals surface area contributed by atoms with Gasteiger partial charge in [0.25, 0.3) is 5.56 Å². The number of aromatic nitrogens is 2. The summed E-state index contributed by atoms with van der Waals surface area (Å²) >= 11 is 3.60. The fraction of sp³-hybridized carbons (Fsp3) is 0.333. The highest BCUT2D eigenvalue weighted by Crippen LogP contribution is 2.26. The molecule has 0 unspecified atom stereocenters. The molecule has 0 spiro atoms. The SMILES string of the molecule is Cc1ccc(=O)n(CN2CCc3c(Br)cccc3C2)n1. The van der Waals surface area contributed by atoms with E-state index in [0.29, 0.717) is 6.67 Å². The first-order valence-electron chi connectivity index (χ1n) is 6.67. The van der Waals surface area contributed by atoms with Crippen LogP contribution < -0.4 is 5.56 Å². The molecular weight excluding hydrogens is 318 g/mol. The van der Waals surface area contributed by atoms with Gasteiger partial charge in [0.15, 0.2) is 0 Å². The maximum absolute atomic E-state index is 11.8. The smallest absolute Gasteiger partial charge is 0.267 e. The van der Waals surface area contributed by atoms with Crippen molar-refractivity contribution in [3.05, 3.63) is 62.0 Å². The molecule has 104 valence electrons. The summed E-state index contributed by atoms with van der Waals surface area (Å²) in [6.07, 6.45) is 0.997. The van der Waals surface area contributed by atoms with E-state index in [1.807, 2.05) is 6.92 Å². The minimum atomic E-state index is -0.0457. The molecule has 2 heterocycles. The molecule has 0 atom stereocenters. The molecule has 0 fully saturated rings. The first kappa shape index (κ1) is 13.5. The Kier molecular flexibility index (Phi) is 3.72. The van der Waals surface area contributed by atoms with Gasteiger partial charge in [-0.3, -0.25) is 9.69 Å². The Morgan fingerprint density at radius 3 is 3.00 bits per heavy atom. The number of rotatable bonds is 2. The third kappa shape index (κ3) is 2.69. The lowest BCUT2D eigenvalue weighted by Crippen LogP contribution is -2.37. The predicted molar refractivity (Wildman–Crippen MR) is 81.5 cm³/mol. The van der Waals surface area contributed by atoms with E-state index in [4.69, 9.17) is 0 Å². The number of hydrogen-bond donors (Lipinski definition) is 0. The van der Waals surface area contributed by atoms with Crippen molar-refractivity contribution in [3.63, 3.8) is 0 Å². The van der Waals surface area contributed by atoms with Crippen LogP contribution in [-0.4, -0.2) is 21.2 Å². The molecule has 1 aromatic carbocycles. The Bertz CT molecular complexity index is 696. The zero-order chi connectivity index (χ0) is 14.1. The molecule has 5 heteroatoms. The lowest BCUT2D eigenvalue weighted by molar-refractivity contribution is 0.184. The van der Waals surface area contributed by atoms with Gasteiger partial charge < -0.3 is 0 Å². The van der Waals surface area contributed by atoms with Crippen LogP contribution in [0.25, 0.3) is 0 Å². The number of fused-ring (bicyclic) bond motifs is 1. The van der Waals surface area contributed by atoms with E-state index in [-0.39, 0.29) is 5.56 Å². The highest BCUT2D eigenvalue weighted by atomic mass is 79.9. The van der Waals surface area contributed by atoms with Crippen LogP contribution in [0.2, 0.25) is 0 Å². The molecular formula is C15H16BrN3O. The van der Waals surface area contributed by atoms with Crippen molar-refractivity contribution < 1.29 is 0 Å². The highest BCUT2D eigenvalue weighted by molar-refractivity contribution is 9.10. The minimum Gasteiger partial charge on any atom is -0.280 e. The molecule has 1 aromatic heterocycles. The van der Waals surface area contributed by atoms with E-state index >= 15 is 0 Å². The second-order valence-electron chi connectivity index (χ2n) is 5.13. The molecule has 20 heavy (non-hydrogen) atoms. The van der Waals surface area contributed by atoms with E-state index in [9.17, 15) is 4.79 Å². The van der Waals surface area contributed by atoms with Crippen LogP contribution in [0, 0.1) is 6.92 Å². The second-order valence-corrected chi connectivity index (χ2v) is 5.99. The van der Waals surface area contributed by atoms with Crippen molar-refractivity contribution >= 4 is 15.9 Å². The highest BCUT2D eigenvalue weighted by Gasteiger charge is 2.18. The van der Waals surface area contributed by atoms with Crippen molar-refractivity contribution in [2.24, 2.45) is 0 Å². The molecule has 0 radical (unpaired) electrons. The molecule has 1 aliphatic rings. The van der Waals surface area contributed by atoms with Gasteiger partial charge in [0, 0.05) is 23.6 Å². The molecule has 2 aromatic rings. The molecule has 3 rings (SSSR count). The summed E-state index contributed by atoms with van der Waals surface area (Å²) in [5.74, 6) is 0. The van der Waals surface area contributed by atoms with Crippen LogP contribution >= 0.6 is 15.9 Å². The summed E-state index contributed by atoms with van der Waals surface area (Å²) in [6.45, 7) is 4.25. The van der Waals surface area contributed by atoms with Crippen LogP contribution in [0.5, 0.6) is 0 Å². The minimum absolute atomic E-state index is 0.0457. The van der Waals surface area contributed by atoms with Crippen LogP contribution in [0.15, 0.2) is 39.6 Å². The Balaban J connectivity index is 1.81. The first-order chi connectivity index (χ1) is 9.63. The van der Waals surface area contributed by atoms with Gasteiger partial charge in [-0.1, -0.05) is 28.1 Å². The van der Waals surface area contributed by atoms with Crippen LogP contribution in [0.3, 0.4) is 0 Å². The Morgan fingerprint density at radius 1 is 1.30 bits per heavy atom. The zero-order valence-corrected chi connectivity index (χ0v) is 12.9. The second kappa shape index (κ2) is 5.50. The van der Waals surface area contributed by atoms with Gasteiger partial charge in [0.05, 0.1) is 12.4 Å². The van der Waals surface area contributed by atoms with Crippen LogP contribution in [0.4, 0.5) is 0 Å². The predicted octanol–water partition coefficient (Wildman–Crippen LogP) is 2.33. The van der Waals surface area contributed by atoms with Crippen LogP contribution in [-0.2, 0) is 19.6 Å². The lowest BCUT2D eigenvalue weighted by atomic mass is 10.0. The lowest BCUT2D eigenvalue weighted by Gasteiger charge is -2.29. The molecule has 0 amide bonds. The van der Waals surface area contributed by atoms with E-state index in [1.54, 1.807) is 12.1 Å². The van der Waals surface area contributed by atoms with Crippen molar-refractivity contribution in [2.75, 3.05) is 6.54 Å². The molecule has 0 aliphatic carbocycles. The fourth-order valence-electron chi connectivity index (χ4n) is 2.58. The van der Waals surface area contributed by atoms with Crippen molar-refractivity contribution in [1.29, 1.82) is 0 Å². The number of nitrogens with zero attached hydrogens (tertiary/aromatic N) is 3. The summed E-state index contributed by atoms with van der Waals surface area (Å²) in [5.41, 5.74) is 3.53. The summed E-state index contributed by atoms with van der Waals surface area (Å²) in [7, 11) is 0. The normalized spacial score (nSPS) is 15.1. The maximum Gasteiger partial charge on any atom is 0.267 e. The van der Waals surface area contributed by atoms with Gasteiger partial charge in [-0.25, -0.2) is 4.68 Å². The molecule has 0 N–H and O–H groups in total. The van der Waals surface area contributed by atoms with E-state index in [1.165, 1.54) is 20.3 Å². The molecule has 0 bridgehead atoms. The molecule has 0 saturated carbocycles. The summed E-state index contributed by atoms with van der Waals surface area (Å²) in [5, 5.41) is 4.29. The summed E-state index contributed by atoms with van der Waals surface area (Å²) in [6, 6.07) is 9.63. The van der Waals surface area contributed by atoms with Crippen molar-refractivity contribution in [2.45, 2.75) is 26.6 Å².